The van der Waals surface area contributed by atoms with Crippen molar-refractivity contribution in [2.24, 2.45) is 0 Å². The second kappa shape index (κ2) is 10.5. The van der Waals surface area contributed by atoms with Gasteiger partial charge < -0.3 is 10.2 Å². The van der Waals surface area contributed by atoms with Gasteiger partial charge in [-0.15, -0.1) is 0 Å². The van der Waals surface area contributed by atoms with Crippen LogP contribution in [0.25, 0.3) is 16.5 Å². The summed E-state index contributed by atoms with van der Waals surface area (Å²) in [6.07, 6.45) is 0.734. The minimum Gasteiger partial charge on any atom is -0.329 e. The molecule has 0 aliphatic heterocycles. The Hall–Kier alpha value is -3.64. The highest BCUT2D eigenvalue weighted by Gasteiger charge is 2.24. The normalized spacial score (nSPS) is 11.5. The van der Waals surface area contributed by atoms with Crippen molar-refractivity contribution in [3.63, 3.8) is 0 Å². The summed E-state index contributed by atoms with van der Waals surface area (Å²) in [5.41, 5.74) is 1.82. The minimum atomic E-state index is -0.300. The third-order valence-corrected chi connectivity index (χ3v) is 6.26. The molecule has 0 spiro atoms. The molecular weight excluding hydrogens is 472 g/mol. The van der Waals surface area contributed by atoms with Gasteiger partial charge in [0.05, 0.1) is 16.4 Å². The van der Waals surface area contributed by atoms with Crippen LogP contribution in [0.3, 0.4) is 0 Å². The molecule has 0 atom stereocenters. The number of amides is 2. The lowest BCUT2D eigenvalue weighted by atomic mass is 9.92. The van der Waals surface area contributed by atoms with E-state index < -0.39 is 0 Å². The van der Waals surface area contributed by atoms with Crippen LogP contribution in [0.2, 0.25) is 5.02 Å². The quantitative estimate of drug-likeness (QED) is 0.315. The van der Waals surface area contributed by atoms with E-state index in [1.54, 1.807) is 15.6 Å². The Kier molecular flexibility index (Phi) is 7.45. The van der Waals surface area contributed by atoms with Crippen LogP contribution in [0, 0.1) is 0 Å². The second-order valence-corrected chi connectivity index (χ2v) is 10.3. The number of hydrogen-bond acceptors (Lipinski definition) is 3. The number of aromatic nitrogens is 2. The van der Waals surface area contributed by atoms with Gasteiger partial charge in [-0.1, -0.05) is 81.8 Å². The molecule has 4 rings (SSSR count). The average Bonchev–Trinajstić information content (AvgIpc) is 3.27. The van der Waals surface area contributed by atoms with Crippen molar-refractivity contribution >= 4 is 40.0 Å². The maximum Gasteiger partial charge on any atom is 0.254 e. The average molecular weight is 503 g/mol. The van der Waals surface area contributed by atoms with Crippen molar-refractivity contribution in [1.29, 1.82) is 0 Å². The SMILES string of the molecule is CCCN(CC(=O)Nc1cc(C(C)(C)C)nn1-c1ccccc1Cl)C(=O)c1ccc2ccccc2c1. The first-order valence-corrected chi connectivity index (χ1v) is 12.5. The predicted octanol–water partition coefficient (Wildman–Crippen LogP) is 6.47. The van der Waals surface area contributed by atoms with Gasteiger partial charge in [0, 0.05) is 23.6 Å². The number of nitrogens with zero attached hydrogens (tertiary/aromatic N) is 3. The topological polar surface area (TPSA) is 67.2 Å². The summed E-state index contributed by atoms with van der Waals surface area (Å²) in [6, 6.07) is 22.7. The second-order valence-electron chi connectivity index (χ2n) is 9.86. The van der Waals surface area contributed by atoms with Crippen molar-refractivity contribution in [1.82, 2.24) is 14.7 Å². The Bertz CT molecular complexity index is 1400. The first-order chi connectivity index (χ1) is 17.2. The van der Waals surface area contributed by atoms with Crippen molar-refractivity contribution in [3.8, 4) is 5.69 Å². The molecule has 0 saturated heterocycles. The van der Waals surface area contributed by atoms with E-state index in [1.165, 1.54) is 0 Å². The maximum atomic E-state index is 13.3. The predicted molar refractivity (Wildman–Crippen MR) is 146 cm³/mol. The summed E-state index contributed by atoms with van der Waals surface area (Å²) in [7, 11) is 0. The van der Waals surface area contributed by atoms with Gasteiger partial charge in [0.2, 0.25) is 5.91 Å². The lowest BCUT2D eigenvalue weighted by Crippen LogP contribution is -2.38. The highest BCUT2D eigenvalue weighted by atomic mass is 35.5. The molecule has 0 fully saturated rings. The molecule has 0 aliphatic rings. The molecule has 0 bridgehead atoms. The summed E-state index contributed by atoms with van der Waals surface area (Å²) in [4.78, 5) is 28.1. The van der Waals surface area contributed by atoms with Crippen LogP contribution in [0.4, 0.5) is 5.82 Å². The van der Waals surface area contributed by atoms with Gasteiger partial charge in [0.15, 0.2) is 0 Å². The third-order valence-electron chi connectivity index (χ3n) is 5.94. The van der Waals surface area contributed by atoms with E-state index in [0.29, 0.717) is 28.6 Å². The van der Waals surface area contributed by atoms with Crippen LogP contribution in [0.5, 0.6) is 0 Å². The van der Waals surface area contributed by atoms with Crippen LogP contribution in [-0.4, -0.2) is 39.6 Å². The first-order valence-electron chi connectivity index (χ1n) is 12.1. The number of nitrogens with one attached hydrogen (secondary N) is 1. The van der Waals surface area contributed by atoms with Gasteiger partial charge in [0.25, 0.3) is 5.91 Å². The molecule has 2 amide bonds. The molecule has 0 unspecified atom stereocenters. The van der Waals surface area contributed by atoms with Gasteiger partial charge >= 0.3 is 0 Å². The van der Waals surface area contributed by atoms with Crippen molar-refractivity contribution < 1.29 is 9.59 Å². The van der Waals surface area contributed by atoms with E-state index in [9.17, 15) is 9.59 Å². The van der Waals surface area contributed by atoms with Crippen LogP contribution >= 0.6 is 11.6 Å². The molecule has 36 heavy (non-hydrogen) atoms. The summed E-state index contributed by atoms with van der Waals surface area (Å²) >= 11 is 6.44. The number of benzene rings is 3. The highest BCUT2D eigenvalue weighted by molar-refractivity contribution is 6.32. The molecule has 1 N–H and O–H groups in total. The third kappa shape index (κ3) is 5.60. The molecule has 186 valence electrons. The summed E-state index contributed by atoms with van der Waals surface area (Å²) in [5.74, 6) is 0.0339. The smallest absolute Gasteiger partial charge is 0.254 e. The zero-order valence-electron chi connectivity index (χ0n) is 21.1. The van der Waals surface area contributed by atoms with Gasteiger partial charge in [-0.05, 0) is 41.5 Å². The van der Waals surface area contributed by atoms with Crippen LogP contribution in [0.1, 0.15) is 50.2 Å². The van der Waals surface area contributed by atoms with Crippen molar-refractivity contribution in [3.05, 3.63) is 89.1 Å². The van der Waals surface area contributed by atoms with Gasteiger partial charge in [-0.3, -0.25) is 9.59 Å². The first kappa shape index (κ1) is 25.5. The largest absolute Gasteiger partial charge is 0.329 e. The molecule has 4 aromatic rings. The fraction of sp³-hybridized carbons (Fsp3) is 0.276. The molecular formula is C29H31ClN4O2. The van der Waals surface area contributed by atoms with E-state index >= 15 is 0 Å². The van der Waals surface area contributed by atoms with Crippen molar-refractivity contribution in [2.75, 3.05) is 18.4 Å². The maximum absolute atomic E-state index is 13.3. The van der Waals surface area contributed by atoms with Crippen LogP contribution in [-0.2, 0) is 10.2 Å². The van der Waals surface area contributed by atoms with Gasteiger partial charge in [0.1, 0.15) is 12.4 Å². The minimum absolute atomic E-state index is 0.0714. The standard InChI is InChI=1S/C29H31ClN4O2/c1-5-16-33(28(36)22-15-14-20-10-6-7-11-21(20)17-22)19-27(35)31-26-18-25(29(2,3)4)32-34(26)24-13-9-8-12-23(24)30/h6-15,17-18H,5,16,19H2,1-4H3,(H,31,35). The van der Waals surface area contributed by atoms with E-state index in [4.69, 9.17) is 16.7 Å². The Morgan fingerprint density at radius 3 is 2.36 bits per heavy atom. The number of halogens is 1. The van der Waals surface area contributed by atoms with Crippen LogP contribution in [0.15, 0.2) is 72.8 Å². The number of anilines is 1. The summed E-state index contributed by atoms with van der Waals surface area (Å²) < 4.78 is 1.65. The van der Waals surface area contributed by atoms with E-state index in [1.807, 2.05) is 73.7 Å². The number of rotatable bonds is 7. The van der Waals surface area contributed by atoms with Crippen LogP contribution < -0.4 is 5.32 Å². The monoisotopic (exact) mass is 502 g/mol. The molecule has 6 nitrogen and oxygen atoms in total. The Morgan fingerprint density at radius 2 is 1.67 bits per heavy atom. The Labute approximate surface area is 216 Å². The number of hydrogen-bond donors (Lipinski definition) is 1. The fourth-order valence-corrected chi connectivity index (χ4v) is 4.24. The molecule has 0 saturated carbocycles. The zero-order chi connectivity index (χ0) is 25.9. The molecule has 3 aromatic carbocycles. The van der Waals surface area contributed by atoms with Gasteiger partial charge in [-0.2, -0.15) is 5.10 Å². The molecule has 7 heteroatoms. The molecule has 0 radical (unpaired) electrons. The molecule has 1 heterocycles. The van der Waals surface area contributed by atoms with E-state index in [2.05, 4.69) is 26.1 Å². The number of carbonyl (C=O) groups excluding carboxylic acids is 2. The number of para-hydroxylation sites is 1. The fourth-order valence-electron chi connectivity index (χ4n) is 4.03. The molecule has 0 aliphatic carbocycles. The van der Waals surface area contributed by atoms with Gasteiger partial charge in [-0.25, -0.2) is 4.68 Å². The number of carbonyl (C=O) groups is 2. The zero-order valence-corrected chi connectivity index (χ0v) is 21.8. The highest BCUT2D eigenvalue weighted by Crippen LogP contribution is 2.29. The Morgan fingerprint density at radius 1 is 0.972 bits per heavy atom. The lowest BCUT2D eigenvalue weighted by Gasteiger charge is -2.22. The molecule has 1 aromatic heterocycles. The van der Waals surface area contributed by atoms with E-state index in [0.717, 1.165) is 22.9 Å². The summed E-state index contributed by atoms with van der Waals surface area (Å²) in [6.45, 7) is 8.56. The summed E-state index contributed by atoms with van der Waals surface area (Å²) in [5, 5.41) is 10.3. The Balaban J connectivity index is 1.59. The lowest BCUT2D eigenvalue weighted by molar-refractivity contribution is -0.116. The number of fused-ring (bicyclic) bond motifs is 1. The van der Waals surface area contributed by atoms with Crippen molar-refractivity contribution in [2.45, 2.75) is 39.5 Å². The van der Waals surface area contributed by atoms with E-state index in [-0.39, 0.29) is 23.8 Å².